The maximum absolute atomic E-state index is 12.0. The Morgan fingerprint density at radius 3 is 2.43 bits per heavy atom. The topological polar surface area (TPSA) is 92.8 Å². The number of esters is 1. The van der Waals surface area contributed by atoms with E-state index in [4.69, 9.17) is 4.74 Å². The molecule has 124 valence electrons. The fraction of sp³-hybridized carbons (Fsp3) is 0.467. The van der Waals surface area contributed by atoms with Gasteiger partial charge in [-0.2, -0.15) is 12.7 Å². The molecule has 23 heavy (non-hydrogen) atoms. The molecule has 0 aromatic heterocycles. The highest BCUT2D eigenvalue weighted by molar-refractivity contribution is 7.88. The number of rotatable bonds is 4. The number of hydrogen-bond donors (Lipinski definition) is 1. The molecule has 2 fully saturated rings. The van der Waals surface area contributed by atoms with Crippen molar-refractivity contribution in [1.82, 2.24) is 9.03 Å². The van der Waals surface area contributed by atoms with Crippen LogP contribution >= 0.6 is 0 Å². The second-order valence-electron chi connectivity index (χ2n) is 5.81. The molecule has 0 atom stereocenters. The highest BCUT2D eigenvalue weighted by Crippen LogP contribution is 2.22. The van der Waals surface area contributed by atoms with Gasteiger partial charge in [0, 0.05) is 6.54 Å². The summed E-state index contributed by atoms with van der Waals surface area (Å²) in [5.74, 6) is -0.893. The van der Waals surface area contributed by atoms with Gasteiger partial charge in [0.25, 0.3) is 0 Å². The fourth-order valence-electron chi connectivity index (χ4n) is 2.80. The van der Waals surface area contributed by atoms with Crippen LogP contribution in [0, 0.1) is 0 Å². The van der Waals surface area contributed by atoms with Crippen molar-refractivity contribution >= 4 is 22.1 Å². The van der Waals surface area contributed by atoms with Crippen molar-refractivity contribution in [2.75, 3.05) is 6.54 Å². The minimum Gasteiger partial charge on any atom is -0.459 e. The van der Waals surface area contributed by atoms with Crippen molar-refractivity contribution in [3.8, 4) is 0 Å². The molecule has 2 aliphatic rings. The van der Waals surface area contributed by atoms with Gasteiger partial charge in [0.1, 0.15) is 6.10 Å². The summed E-state index contributed by atoms with van der Waals surface area (Å²) in [6.07, 6.45) is 4.02. The van der Waals surface area contributed by atoms with Crippen LogP contribution in [0.3, 0.4) is 0 Å². The van der Waals surface area contributed by atoms with Gasteiger partial charge >= 0.3 is 16.2 Å². The van der Waals surface area contributed by atoms with E-state index in [1.54, 1.807) is 24.3 Å². The molecule has 1 aliphatic heterocycles. The Bertz CT molecular complexity index is 708. The Kier molecular flexibility index (Phi) is 4.36. The Hall–Kier alpha value is -1.93. The van der Waals surface area contributed by atoms with E-state index in [0.29, 0.717) is 11.1 Å². The van der Waals surface area contributed by atoms with E-state index >= 15 is 0 Å². The maximum atomic E-state index is 12.0. The lowest BCUT2D eigenvalue weighted by atomic mass is 10.1. The largest absolute Gasteiger partial charge is 0.459 e. The average molecular weight is 338 g/mol. The van der Waals surface area contributed by atoms with Crippen LogP contribution in [0.2, 0.25) is 0 Å². The summed E-state index contributed by atoms with van der Waals surface area (Å²) in [5, 5.41) is 0. The normalized spacial score (nSPS) is 21.3. The van der Waals surface area contributed by atoms with Crippen molar-refractivity contribution in [2.45, 2.75) is 38.3 Å². The Morgan fingerprint density at radius 2 is 1.87 bits per heavy atom. The van der Waals surface area contributed by atoms with Crippen LogP contribution in [-0.2, 0) is 26.3 Å². The van der Waals surface area contributed by atoms with E-state index in [2.05, 4.69) is 0 Å². The third kappa shape index (κ3) is 3.70. The van der Waals surface area contributed by atoms with Gasteiger partial charge in [-0.25, -0.2) is 9.52 Å². The summed E-state index contributed by atoms with van der Waals surface area (Å²) in [4.78, 5) is 23.2. The first kappa shape index (κ1) is 15.9. The molecule has 1 amide bonds. The van der Waals surface area contributed by atoms with E-state index in [1.807, 2.05) is 4.72 Å². The van der Waals surface area contributed by atoms with Gasteiger partial charge in [-0.15, -0.1) is 0 Å². The van der Waals surface area contributed by atoms with Crippen molar-refractivity contribution < 1.29 is 22.7 Å². The smallest absolute Gasteiger partial charge is 0.338 e. The summed E-state index contributed by atoms with van der Waals surface area (Å²) in [5.41, 5.74) is 1.14. The first-order valence-corrected chi connectivity index (χ1v) is 8.99. The lowest BCUT2D eigenvalue weighted by Crippen LogP contribution is -2.29. The Labute approximate surface area is 134 Å². The van der Waals surface area contributed by atoms with E-state index in [0.717, 1.165) is 30.0 Å². The molecule has 0 spiro atoms. The minimum atomic E-state index is -3.73. The summed E-state index contributed by atoms with van der Waals surface area (Å²) < 4.78 is 31.7. The second-order valence-corrected chi connectivity index (χ2v) is 7.48. The molecule has 0 unspecified atom stereocenters. The predicted molar refractivity (Wildman–Crippen MR) is 81.6 cm³/mol. The fourth-order valence-corrected chi connectivity index (χ4v) is 3.89. The van der Waals surface area contributed by atoms with Crippen molar-refractivity contribution in [3.63, 3.8) is 0 Å². The molecule has 1 aliphatic carbocycles. The zero-order valence-corrected chi connectivity index (χ0v) is 13.3. The standard InChI is InChI=1S/C15H18N2O5S/c18-14-10-17(23(20,21)16-14)9-11-5-7-12(8-6-11)15(19)22-13-3-1-2-4-13/h5-8,13H,1-4,9-10H2,(H,16,18). The SMILES string of the molecule is O=C1CN(Cc2ccc(C(=O)OC3CCCC3)cc2)S(=O)(=O)N1. The number of nitrogens with zero attached hydrogens (tertiary/aromatic N) is 1. The Balaban J connectivity index is 1.63. The van der Waals surface area contributed by atoms with E-state index in [9.17, 15) is 18.0 Å². The zero-order chi connectivity index (χ0) is 16.4. The molecule has 8 heteroatoms. The minimum absolute atomic E-state index is 0.00834. The van der Waals surface area contributed by atoms with Gasteiger partial charge in [-0.1, -0.05) is 12.1 Å². The van der Waals surface area contributed by atoms with Crippen LogP contribution < -0.4 is 4.72 Å². The van der Waals surface area contributed by atoms with Gasteiger partial charge in [0.05, 0.1) is 12.1 Å². The molecule has 7 nitrogen and oxygen atoms in total. The van der Waals surface area contributed by atoms with Crippen LogP contribution in [0.1, 0.15) is 41.6 Å². The third-order valence-corrected chi connectivity index (χ3v) is 5.45. The summed E-state index contributed by atoms with van der Waals surface area (Å²) in [6, 6.07) is 6.57. The number of hydrogen-bond acceptors (Lipinski definition) is 5. The number of ether oxygens (including phenoxy) is 1. The molecular formula is C15H18N2O5S. The quantitative estimate of drug-likeness (QED) is 0.826. The molecule has 1 saturated heterocycles. The molecular weight excluding hydrogens is 320 g/mol. The van der Waals surface area contributed by atoms with Crippen LogP contribution in [0.4, 0.5) is 0 Å². The van der Waals surface area contributed by atoms with Gasteiger partial charge < -0.3 is 4.74 Å². The molecule has 0 bridgehead atoms. The highest BCUT2D eigenvalue weighted by atomic mass is 32.2. The van der Waals surface area contributed by atoms with Crippen molar-refractivity contribution in [3.05, 3.63) is 35.4 Å². The van der Waals surface area contributed by atoms with Gasteiger partial charge in [0.15, 0.2) is 0 Å². The number of amides is 1. The number of nitrogens with one attached hydrogen (secondary N) is 1. The van der Waals surface area contributed by atoms with E-state index in [1.165, 1.54) is 0 Å². The van der Waals surface area contributed by atoms with Crippen molar-refractivity contribution in [2.24, 2.45) is 0 Å². The zero-order valence-electron chi connectivity index (χ0n) is 12.5. The van der Waals surface area contributed by atoms with Crippen LogP contribution in [0.5, 0.6) is 0 Å². The number of benzene rings is 1. The lowest BCUT2D eigenvalue weighted by Gasteiger charge is -2.13. The number of carbonyl (C=O) groups is 2. The van der Waals surface area contributed by atoms with Crippen molar-refractivity contribution in [1.29, 1.82) is 0 Å². The highest BCUT2D eigenvalue weighted by Gasteiger charge is 2.33. The molecule has 1 N–H and O–H groups in total. The summed E-state index contributed by atoms with van der Waals surface area (Å²) in [7, 11) is -3.73. The third-order valence-electron chi connectivity index (χ3n) is 4.03. The number of carbonyl (C=O) groups excluding carboxylic acids is 2. The average Bonchev–Trinajstić information content (AvgIpc) is 3.07. The molecule has 0 radical (unpaired) electrons. The van der Waals surface area contributed by atoms with Gasteiger partial charge in [-0.05, 0) is 43.4 Å². The van der Waals surface area contributed by atoms with Crippen LogP contribution in [-0.4, -0.2) is 37.2 Å². The van der Waals surface area contributed by atoms with E-state index < -0.39 is 16.1 Å². The predicted octanol–water partition coefficient (Wildman–Crippen LogP) is 0.963. The lowest BCUT2D eigenvalue weighted by molar-refractivity contribution is -0.118. The maximum Gasteiger partial charge on any atom is 0.338 e. The molecule has 3 rings (SSSR count). The first-order chi connectivity index (χ1) is 10.9. The first-order valence-electron chi connectivity index (χ1n) is 7.55. The monoisotopic (exact) mass is 338 g/mol. The van der Waals surface area contributed by atoms with E-state index in [-0.39, 0.29) is 25.2 Å². The molecule has 1 heterocycles. The summed E-state index contributed by atoms with van der Waals surface area (Å²) >= 11 is 0. The molecule has 1 aromatic carbocycles. The van der Waals surface area contributed by atoms with Gasteiger partial charge in [0.2, 0.25) is 5.91 Å². The van der Waals surface area contributed by atoms with Gasteiger partial charge in [-0.3, -0.25) is 4.79 Å². The molecule has 1 saturated carbocycles. The van der Waals surface area contributed by atoms with Crippen LogP contribution in [0.25, 0.3) is 0 Å². The van der Waals surface area contributed by atoms with Crippen LogP contribution in [0.15, 0.2) is 24.3 Å². The Morgan fingerprint density at radius 1 is 1.22 bits per heavy atom. The summed E-state index contributed by atoms with van der Waals surface area (Å²) in [6.45, 7) is -0.104. The molecule has 1 aromatic rings. The second kappa shape index (κ2) is 6.29.